The van der Waals surface area contributed by atoms with Crippen molar-refractivity contribution in [1.29, 1.82) is 0 Å². The summed E-state index contributed by atoms with van der Waals surface area (Å²) in [6.45, 7) is 10.9. The standard InChI is InChI=1S/C15H21BrN4O/c1-9-6-11(7-10(2)13(9)16)18-14-20-19-12(21-14)8-17-15(3,4)5/h6-7,17H,8H2,1-5H3,(H,18,20). The van der Waals surface area contributed by atoms with E-state index in [9.17, 15) is 0 Å². The first-order valence-electron chi connectivity index (χ1n) is 6.86. The van der Waals surface area contributed by atoms with Crippen LogP contribution < -0.4 is 10.6 Å². The van der Waals surface area contributed by atoms with E-state index in [1.165, 1.54) is 0 Å². The Bertz CT molecular complexity index is 608. The van der Waals surface area contributed by atoms with Gasteiger partial charge in [0.1, 0.15) is 0 Å². The van der Waals surface area contributed by atoms with Crippen LogP contribution in [-0.4, -0.2) is 15.7 Å². The fourth-order valence-electron chi connectivity index (χ4n) is 1.86. The number of benzene rings is 1. The summed E-state index contributed by atoms with van der Waals surface area (Å²) >= 11 is 3.55. The van der Waals surface area contributed by atoms with Crippen LogP contribution in [0.1, 0.15) is 37.8 Å². The molecule has 2 N–H and O–H groups in total. The molecule has 0 radical (unpaired) electrons. The molecule has 0 aliphatic carbocycles. The number of hydrogen-bond acceptors (Lipinski definition) is 5. The van der Waals surface area contributed by atoms with Gasteiger partial charge in [-0.15, -0.1) is 5.10 Å². The van der Waals surface area contributed by atoms with Crippen LogP contribution in [-0.2, 0) is 6.54 Å². The number of rotatable bonds is 4. The largest absolute Gasteiger partial charge is 0.406 e. The molecule has 0 aliphatic heterocycles. The molecule has 5 nitrogen and oxygen atoms in total. The molecule has 21 heavy (non-hydrogen) atoms. The topological polar surface area (TPSA) is 63.0 Å². The third-order valence-electron chi connectivity index (χ3n) is 2.92. The molecule has 1 aromatic heterocycles. The molecule has 6 heteroatoms. The van der Waals surface area contributed by atoms with Crippen LogP contribution in [0.5, 0.6) is 0 Å². The highest BCUT2D eigenvalue weighted by atomic mass is 79.9. The van der Waals surface area contributed by atoms with Gasteiger partial charge in [0.25, 0.3) is 0 Å². The third kappa shape index (κ3) is 4.54. The molecular formula is C15H21BrN4O. The fraction of sp³-hybridized carbons (Fsp3) is 0.467. The van der Waals surface area contributed by atoms with Crippen molar-refractivity contribution in [2.75, 3.05) is 5.32 Å². The van der Waals surface area contributed by atoms with Gasteiger partial charge in [-0.3, -0.25) is 0 Å². The predicted octanol–water partition coefficient (Wildman–Crippen LogP) is 4.08. The molecule has 1 aromatic carbocycles. The van der Waals surface area contributed by atoms with Crippen molar-refractivity contribution in [3.8, 4) is 0 Å². The highest BCUT2D eigenvalue weighted by Crippen LogP contribution is 2.26. The minimum absolute atomic E-state index is 0.0159. The molecule has 0 saturated heterocycles. The minimum Gasteiger partial charge on any atom is -0.406 e. The van der Waals surface area contributed by atoms with E-state index in [1.54, 1.807) is 0 Å². The number of nitrogens with zero attached hydrogens (tertiary/aromatic N) is 2. The molecule has 0 atom stereocenters. The van der Waals surface area contributed by atoms with E-state index < -0.39 is 0 Å². The van der Waals surface area contributed by atoms with E-state index >= 15 is 0 Å². The number of nitrogens with one attached hydrogen (secondary N) is 2. The zero-order valence-electron chi connectivity index (χ0n) is 13.0. The Balaban J connectivity index is 2.06. The summed E-state index contributed by atoms with van der Waals surface area (Å²) in [5, 5.41) is 14.5. The first-order chi connectivity index (χ1) is 9.74. The van der Waals surface area contributed by atoms with Crippen LogP contribution in [0.4, 0.5) is 11.7 Å². The first kappa shape index (κ1) is 16.0. The lowest BCUT2D eigenvalue weighted by atomic mass is 10.1. The van der Waals surface area contributed by atoms with Crippen LogP contribution >= 0.6 is 15.9 Å². The monoisotopic (exact) mass is 352 g/mol. The molecule has 114 valence electrons. The Kier molecular flexibility index (Phi) is 4.68. The minimum atomic E-state index is 0.0159. The smallest absolute Gasteiger partial charge is 0.320 e. The van der Waals surface area contributed by atoms with Crippen molar-refractivity contribution >= 4 is 27.6 Å². The lowest BCUT2D eigenvalue weighted by Crippen LogP contribution is -2.35. The van der Waals surface area contributed by atoms with Crippen LogP contribution in [0.2, 0.25) is 0 Å². The SMILES string of the molecule is Cc1cc(Nc2nnc(CNC(C)(C)C)o2)cc(C)c1Br. The lowest BCUT2D eigenvalue weighted by Gasteiger charge is -2.18. The van der Waals surface area contributed by atoms with Crippen LogP contribution in [0.3, 0.4) is 0 Å². The number of hydrogen-bond donors (Lipinski definition) is 2. The molecular weight excluding hydrogens is 332 g/mol. The number of halogens is 1. The Hall–Kier alpha value is -1.40. The van der Waals surface area contributed by atoms with Gasteiger partial charge in [-0.1, -0.05) is 21.0 Å². The van der Waals surface area contributed by atoms with Crippen molar-refractivity contribution in [2.45, 2.75) is 46.7 Å². The van der Waals surface area contributed by atoms with Gasteiger partial charge >= 0.3 is 6.01 Å². The van der Waals surface area contributed by atoms with Gasteiger partial charge in [0.2, 0.25) is 5.89 Å². The predicted molar refractivity (Wildman–Crippen MR) is 87.8 cm³/mol. The Morgan fingerprint density at radius 2 is 1.76 bits per heavy atom. The second-order valence-corrected chi connectivity index (χ2v) is 6.95. The second-order valence-electron chi connectivity index (χ2n) is 6.15. The van der Waals surface area contributed by atoms with Gasteiger partial charge in [-0.25, -0.2) is 0 Å². The molecule has 0 spiro atoms. The molecule has 1 heterocycles. The Morgan fingerprint density at radius 1 is 1.14 bits per heavy atom. The Morgan fingerprint density at radius 3 is 2.33 bits per heavy atom. The van der Waals surface area contributed by atoms with Crippen molar-refractivity contribution in [3.63, 3.8) is 0 Å². The molecule has 0 saturated carbocycles. The summed E-state index contributed by atoms with van der Waals surface area (Å²) in [6.07, 6.45) is 0. The maximum atomic E-state index is 5.59. The summed E-state index contributed by atoms with van der Waals surface area (Å²) < 4.78 is 6.70. The van der Waals surface area contributed by atoms with E-state index in [0.717, 1.165) is 21.3 Å². The van der Waals surface area contributed by atoms with Gasteiger partial charge in [-0.2, -0.15) is 0 Å². The fourth-order valence-corrected chi connectivity index (χ4v) is 2.09. The third-order valence-corrected chi connectivity index (χ3v) is 4.18. The number of anilines is 2. The average molecular weight is 353 g/mol. The highest BCUT2D eigenvalue weighted by Gasteiger charge is 2.12. The van der Waals surface area contributed by atoms with Crippen LogP contribution in [0.15, 0.2) is 21.0 Å². The lowest BCUT2D eigenvalue weighted by molar-refractivity contribution is 0.384. The van der Waals surface area contributed by atoms with Crippen molar-refractivity contribution in [2.24, 2.45) is 0 Å². The zero-order valence-corrected chi connectivity index (χ0v) is 14.6. The second kappa shape index (κ2) is 6.15. The first-order valence-corrected chi connectivity index (χ1v) is 7.65. The Labute approximate surface area is 133 Å². The summed E-state index contributed by atoms with van der Waals surface area (Å²) in [5.41, 5.74) is 3.27. The van der Waals surface area contributed by atoms with Gasteiger partial charge < -0.3 is 15.1 Å². The van der Waals surface area contributed by atoms with Crippen molar-refractivity contribution in [3.05, 3.63) is 33.6 Å². The zero-order chi connectivity index (χ0) is 15.6. The summed E-state index contributed by atoms with van der Waals surface area (Å²) in [6, 6.07) is 4.48. The van der Waals surface area contributed by atoms with Crippen LogP contribution in [0.25, 0.3) is 0 Å². The van der Waals surface area contributed by atoms with E-state index in [4.69, 9.17) is 4.42 Å². The summed E-state index contributed by atoms with van der Waals surface area (Å²) in [4.78, 5) is 0. The van der Waals surface area contributed by atoms with E-state index in [0.29, 0.717) is 18.5 Å². The normalized spacial score (nSPS) is 11.7. The van der Waals surface area contributed by atoms with Gasteiger partial charge in [0.05, 0.1) is 6.54 Å². The van der Waals surface area contributed by atoms with Crippen molar-refractivity contribution < 1.29 is 4.42 Å². The quantitative estimate of drug-likeness (QED) is 0.867. The van der Waals surface area contributed by atoms with Gasteiger partial charge in [-0.05, 0) is 57.9 Å². The molecule has 2 rings (SSSR count). The van der Waals surface area contributed by atoms with Crippen molar-refractivity contribution in [1.82, 2.24) is 15.5 Å². The molecule has 2 aromatic rings. The summed E-state index contributed by atoms with van der Waals surface area (Å²) in [7, 11) is 0. The van der Waals surface area contributed by atoms with E-state index in [1.807, 2.05) is 12.1 Å². The molecule has 0 bridgehead atoms. The summed E-state index contributed by atoms with van der Waals surface area (Å²) in [5.74, 6) is 0.568. The van der Waals surface area contributed by atoms with E-state index in [-0.39, 0.29) is 5.54 Å². The number of aryl methyl sites for hydroxylation is 2. The maximum absolute atomic E-state index is 5.59. The van der Waals surface area contributed by atoms with E-state index in [2.05, 4.69) is 71.4 Å². The van der Waals surface area contributed by atoms with Crippen LogP contribution in [0, 0.1) is 13.8 Å². The highest BCUT2D eigenvalue weighted by molar-refractivity contribution is 9.10. The van der Waals surface area contributed by atoms with Gasteiger partial charge in [0.15, 0.2) is 0 Å². The number of aromatic nitrogens is 2. The molecule has 0 amide bonds. The average Bonchev–Trinajstić information content (AvgIpc) is 2.80. The molecule has 0 unspecified atom stereocenters. The maximum Gasteiger partial charge on any atom is 0.320 e. The van der Waals surface area contributed by atoms with Gasteiger partial charge in [0, 0.05) is 15.7 Å². The molecule has 0 fully saturated rings. The molecule has 0 aliphatic rings.